The van der Waals surface area contributed by atoms with Gasteiger partial charge in [0.15, 0.2) is 5.11 Å². The molecule has 2 atom stereocenters. The van der Waals surface area contributed by atoms with Gasteiger partial charge >= 0.3 is 0 Å². The van der Waals surface area contributed by atoms with Crippen LogP contribution in [0.25, 0.3) is 0 Å². The number of aromatic nitrogens is 2. The van der Waals surface area contributed by atoms with Gasteiger partial charge < -0.3 is 24.4 Å². The lowest BCUT2D eigenvalue weighted by Crippen LogP contribution is -2.36. The third-order valence-electron chi connectivity index (χ3n) is 6.96. The summed E-state index contributed by atoms with van der Waals surface area (Å²) in [5, 5.41) is 4.32. The first kappa shape index (κ1) is 22.9. The minimum absolute atomic E-state index is 0.00957. The smallest absolute Gasteiger partial charge is 0.174 e. The van der Waals surface area contributed by atoms with E-state index in [1.165, 1.54) is 22.6 Å². The largest absolute Gasteiger partial charge is 0.378 e. The molecule has 0 aliphatic carbocycles. The molecule has 0 bridgehead atoms. The molecule has 5 rings (SSSR count). The van der Waals surface area contributed by atoms with Gasteiger partial charge in [-0.2, -0.15) is 0 Å². The lowest BCUT2D eigenvalue weighted by atomic mass is 9.96. The highest BCUT2D eigenvalue weighted by Crippen LogP contribution is 2.44. The molecule has 2 saturated heterocycles. The summed E-state index contributed by atoms with van der Waals surface area (Å²) in [6.07, 6.45) is 1.86. The number of ether oxygens (including phenoxy) is 1. The lowest BCUT2D eigenvalue weighted by molar-refractivity contribution is 0.122. The fraction of sp³-hybridized carbons (Fsp3) is 0.407. The van der Waals surface area contributed by atoms with Gasteiger partial charge in [0.2, 0.25) is 0 Å². The topological polar surface area (TPSA) is 45.6 Å². The number of morpholine rings is 1. The molecule has 2 fully saturated rings. The van der Waals surface area contributed by atoms with Gasteiger partial charge in [-0.1, -0.05) is 6.07 Å². The normalized spacial score (nSPS) is 20.8. The molecule has 0 unspecified atom stereocenters. The summed E-state index contributed by atoms with van der Waals surface area (Å²) in [6.45, 7) is 12.3. The minimum atomic E-state index is -0.0336. The second-order valence-corrected chi connectivity index (χ2v) is 9.79. The number of rotatable bonds is 5. The van der Waals surface area contributed by atoms with Crippen molar-refractivity contribution in [2.24, 2.45) is 0 Å². The Morgan fingerprint density at radius 3 is 2.35 bits per heavy atom. The molecular weight excluding hydrogens is 442 g/mol. The van der Waals surface area contributed by atoms with E-state index in [4.69, 9.17) is 21.9 Å². The monoisotopic (exact) mass is 475 g/mol. The van der Waals surface area contributed by atoms with Crippen LogP contribution in [0.5, 0.6) is 0 Å². The van der Waals surface area contributed by atoms with E-state index in [0.29, 0.717) is 6.04 Å². The molecule has 0 radical (unpaired) electrons. The summed E-state index contributed by atoms with van der Waals surface area (Å²) in [4.78, 5) is 9.34. The first-order valence-electron chi connectivity index (χ1n) is 12.1. The van der Waals surface area contributed by atoms with Crippen LogP contribution in [0.3, 0.4) is 0 Å². The maximum Gasteiger partial charge on any atom is 0.174 e. The van der Waals surface area contributed by atoms with Crippen LogP contribution < -0.4 is 15.1 Å². The lowest BCUT2D eigenvalue weighted by Gasteiger charge is -2.31. The Kier molecular flexibility index (Phi) is 6.32. The highest BCUT2D eigenvalue weighted by molar-refractivity contribution is 7.80. The molecule has 3 aromatic rings. The Morgan fingerprint density at radius 1 is 1.03 bits per heavy atom. The predicted octanol–water partition coefficient (Wildman–Crippen LogP) is 5.09. The van der Waals surface area contributed by atoms with Gasteiger partial charge in [0.25, 0.3) is 0 Å². The van der Waals surface area contributed by atoms with Gasteiger partial charge in [-0.3, -0.25) is 4.98 Å². The molecule has 0 saturated carbocycles. The van der Waals surface area contributed by atoms with Gasteiger partial charge in [-0.15, -0.1) is 0 Å². The van der Waals surface area contributed by atoms with Crippen molar-refractivity contribution < 1.29 is 4.74 Å². The zero-order chi connectivity index (χ0) is 23.8. The molecule has 2 aromatic heterocycles. The average Bonchev–Trinajstić information content (AvgIpc) is 3.35. The third-order valence-corrected chi connectivity index (χ3v) is 7.28. The van der Waals surface area contributed by atoms with Crippen LogP contribution in [0.2, 0.25) is 0 Å². The first-order valence-corrected chi connectivity index (χ1v) is 12.5. The minimum Gasteiger partial charge on any atom is -0.378 e. The van der Waals surface area contributed by atoms with Crippen molar-refractivity contribution in [2.75, 3.05) is 36.1 Å². The van der Waals surface area contributed by atoms with Gasteiger partial charge in [-0.25, -0.2) is 0 Å². The number of anilines is 2. The first-order chi connectivity index (χ1) is 16.5. The number of benzene rings is 1. The number of hydrogen-bond donors (Lipinski definition) is 1. The summed E-state index contributed by atoms with van der Waals surface area (Å²) in [6, 6.07) is 17.6. The fourth-order valence-corrected chi connectivity index (χ4v) is 5.84. The highest BCUT2D eigenvalue weighted by atomic mass is 32.1. The number of thiocarbonyl (C=S) groups is 1. The zero-order valence-corrected chi connectivity index (χ0v) is 21.2. The molecule has 1 N–H and O–H groups in total. The molecular formula is C27H33N5OS. The van der Waals surface area contributed by atoms with Crippen LogP contribution >= 0.6 is 12.2 Å². The van der Waals surface area contributed by atoms with Crippen LogP contribution in [0, 0.1) is 13.8 Å². The number of nitrogens with one attached hydrogen (secondary N) is 1. The molecule has 0 spiro atoms. The fourth-order valence-electron chi connectivity index (χ4n) is 5.49. The second kappa shape index (κ2) is 9.39. The second-order valence-electron chi connectivity index (χ2n) is 9.40. The van der Waals surface area contributed by atoms with Crippen molar-refractivity contribution in [2.45, 2.75) is 45.8 Å². The quantitative estimate of drug-likeness (QED) is 0.519. The summed E-state index contributed by atoms with van der Waals surface area (Å²) < 4.78 is 7.92. The molecule has 1 aromatic carbocycles. The molecule has 2 aliphatic heterocycles. The third kappa shape index (κ3) is 4.07. The summed E-state index contributed by atoms with van der Waals surface area (Å²) in [7, 11) is 0. The zero-order valence-electron chi connectivity index (χ0n) is 20.4. The van der Waals surface area contributed by atoms with Crippen LogP contribution in [0.15, 0.2) is 54.7 Å². The van der Waals surface area contributed by atoms with Crippen LogP contribution in [0.1, 0.15) is 54.6 Å². The molecule has 0 amide bonds. The number of hydrogen-bond acceptors (Lipinski definition) is 4. The van der Waals surface area contributed by atoms with Crippen LogP contribution in [-0.4, -0.2) is 41.0 Å². The van der Waals surface area contributed by atoms with Crippen molar-refractivity contribution in [3.8, 4) is 0 Å². The summed E-state index contributed by atoms with van der Waals surface area (Å²) >= 11 is 5.92. The van der Waals surface area contributed by atoms with Crippen molar-refractivity contribution >= 4 is 28.7 Å². The average molecular weight is 476 g/mol. The highest BCUT2D eigenvalue weighted by Gasteiger charge is 2.42. The maximum atomic E-state index is 5.92. The molecule has 7 heteroatoms. The van der Waals surface area contributed by atoms with E-state index >= 15 is 0 Å². The van der Waals surface area contributed by atoms with Crippen LogP contribution in [-0.2, 0) is 4.74 Å². The Bertz CT molecular complexity index is 1150. The van der Waals surface area contributed by atoms with E-state index in [-0.39, 0.29) is 12.1 Å². The SMILES string of the molecule is Cc1cc([C@@H]2[C@@H](c3ccccn3)NC(=S)N2c2ccc(N3CCOCC3)cc2)c(C)n1C(C)C. The summed E-state index contributed by atoms with van der Waals surface area (Å²) in [5.41, 5.74) is 7.14. The standard InChI is InChI=1S/C27H33N5OS/c1-18(2)31-19(3)17-23(20(31)4)26-25(24-7-5-6-12-28-24)29-27(34)32(26)22-10-8-21(9-11-22)30-13-15-33-16-14-30/h5-12,17-18,25-26H,13-16H2,1-4H3,(H,29,34)/t25-,26-/m1/s1. The maximum absolute atomic E-state index is 5.92. The van der Waals surface area contributed by atoms with Crippen LogP contribution in [0.4, 0.5) is 11.4 Å². The van der Waals surface area contributed by atoms with Gasteiger partial charge in [0.1, 0.15) is 0 Å². The van der Waals surface area contributed by atoms with Crippen molar-refractivity contribution in [3.05, 3.63) is 77.4 Å². The van der Waals surface area contributed by atoms with E-state index in [2.05, 4.69) is 83.8 Å². The molecule has 34 heavy (non-hydrogen) atoms. The molecule has 4 heterocycles. The molecule has 6 nitrogen and oxygen atoms in total. The van der Waals surface area contributed by atoms with E-state index in [1.54, 1.807) is 0 Å². The Labute approximate surface area is 207 Å². The predicted molar refractivity (Wildman–Crippen MR) is 142 cm³/mol. The Morgan fingerprint density at radius 2 is 1.74 bits per heavy atom. The van der Waals surface area contributed by atoms with E-state index in [9.17, 15) is 0 Å². The van der Waals surface area contributed by atoms with Crippen molar-refractivity contribution in [3.63, 3.8) is 0 Å². The van der Waals surface area contributed by atoms with Gasteiger partial charge in [-0.05, 0) is 87.9 Å². The number of pyridine rings is 1. The van der Waals surface area contributed by atoms with E-state index < -0.39 is 0 Å². The summed E-state index contributed by atoms with van der Waals surface area (Å²) in [5.74, 6) is 0. The number of nitrogens with zero attached hydrogens (tertiary/aromatic N) is 4. The Balaban J connectivity index is 1.56. The van der Waals surface area contributed by atoms with Gasteiger partial charge in [0.05, 0.1) is 31.0 Å². The van der Waals surface area contributed by atoms with E-state index in [0.717, 1.165) is 42.8 Å². The molecule has 2 aliphatic rings. The Hall–Kier alpha value is -2.90. The number of aryl methyl sites for hydroxylation is 1. The van der Waals surface area contributed by atoms with E-state index in [1.807, 2.05) is 18.3 Å². The van der Waals surface area contributed by atoms with Gasteiger partial charge in [0, 0.05) is 48.1 Å². The van der Waals surface area contributed by atoms with Crippen molar-refractivity contribution in [1.29, 1.82) is 0 Å². The molecule has 178 valence electrons. The van der Waals surface area contributed by atoms with Crippen molar-refractivity contribution in [1.82, 2.24) is 14.9 Å².